The lowest BCUT2D eigenvalue weighted by Crippen LogP contribution is -2.17. The summed E-state index contributed by atoms with van der Waals surface area (Å²) < 4.78 is 10.4. The van der Waals surface area contributed by atoms with Crippen LogP contribution in [0.1, 0.15) is 18.9 Å². The van der Waals surface area contributed by atoms with E-state index in [1.165, 1.54) is 29.8 Å². The molecule has 2 aromatic carbocycles. The van der Waals surface area contributed by atoms with Gasteiger partial charge in [-0.25, -0.2) is 4.79 Å². The van der Waals surface area contributed by atoms with Crippen LogP contribution >= 0.6 is 0 Å². The highest BCUT2D eigenvalue weighted by Crippen LogP contribution is 2.18. The van der Waals surface area contributed by atoms with Crippen LogP contribution in [-0.2, 0) is 11.2 Å². The average Bonchev–Trinajstić information content (AvgIpc) is 2.55. The van der Waals surface area contributed by atoms with Crippen LogP contribution in [0.2, 0.25) is 0 Å². The SMILES string of the molecule is CCCc1ccc(OC(=O)COc2ccc([N+](=O)[O-])cc2)cc1. The molecule has 0 N–H and O–H groups in total. The normalized spacial score (nSPS) is 10.1. The first-order valence-corrected chi connectivity index (χ1v) is 7.25. The van der Waals surface area contributed by atoms with Gasteiger partial charge in [0.25, 0.3) is 5.69 Å². The van der Waals surface area contributed by atoms with E-state index in [2.05, 4.69) is 6.92 Å². The summed E-state index contributed by atoms with van der Waals surface area (Å²) in [4.78, 5) is 21.8. The van der Waals surface area contributed by atoms with Crippen molar-refractivity contribution in [1.29, 1.82) is 0 Å². The molecule has 0 saturated carbocycles. The van der Waals surface area contributed by atoms with Crippen molar-refractivity contribution in [3.63, 3.8) is 0 Å². The van der Waals surface area contributed by atoms with Crippen molar-refractivity contribution in [2.75, 3.05) is 6.61 Å². The summed E-state index contributed by atoms with van der Waals surface area (Å²) >= 11 is 0. The number of carbonyl (C=O) groups excluding carboxylic acids is 1. The zero-order valence-electron chi connectivity index (χ0n) is 12.7. The molecule has 0 aliphatic heterocycles. The lowest BCUT2D eigenvalue weighted by atomic mass is 10.1. The number of ether oxygens (including phenoxy) is 2. The van der Waals surface area contributed by atoms with Gasteiger partial charge in [0.1, 0.15) is 11.5 Å². The first-order valence-electron chi connectivity index (χ1n) is 7.25. The second-order valence-electron chi connectivity index (χ2n) is 4.91. The Balaban J connectivity index is 1.83. The van der Waals surface area contributed by atoms with Crippen LogP contribution in [0.15, 0.2) is 48.5 Å². The van der Waals surface area contributed by atoms with Crippen LogP contribution in [0.4, 0.5) is 5.69 Å². The van der Waals surface area contributed by atoms with Crippen LogP contribution in [0, 0.1) is 10.1 Å². The van der Waals surface area contributed by atoms with Crippen molar-refractivity contribution >= 4 is 11.7 Å². The Hall–Kier alpha value is -2.89. The molecule has 0 aliphatic carbocycles. The Morgan fingerprint density at radius 2 is 1.65 bits per heavy atom. The number of nitrogens with zero attached hydrogens (tertiary/aromatic N) is 1. The molecule has 120 valence electrons. The standard InChI is InChI=1S/C17H17NO5/c1-2-3-13-4-8-16(9-5-13)23-17(19)12-22-15-10-6-14(7-11-15)18(20)21/h4-11H,2-3,12H2,1H3. The van der Waals surface area contributed by atoms with E-state index >= 15 is 0 Å². The highest BCUT2D eigenvalue weighted by atomic mass is 16.6. The van der Waals surface area contributed by atoms with Gasteiger partial charge < -0.3 is 9.47 Å². The fourth-order valence-electron chi connectivity index (χ4n) is 1.98. The van der Waals surface area contributed by atoms with Gasteiger partial charge in [-0.15, -0.1) is 0 Å². The first-order chi connectivity index (χ1) is 11.1. The molecule has 2 aromatic rings. The van der Waals surface area contributed by atoms with Gasteiger partial charge in [0.15, 0.2) is 6.61 Å². The predicted molar refractivity (Wildman–Crippen MR) is 84.7 cm³/mol. The fraction of sp³-hybridized carbons (Fsp3) is 0.235. The van der Waals surface area contributed by atoms with Gasteiger partial charge in [0.2, 0.25) is 0 Å². The molecule has 0 atom stereocenters. The Morgan fingerprint density at radius 1 is 1.04 bits per heavy atom. The molecule has 0 bridgehead atoms. The zero-order valence-corrected chi connectivity index (χ0v) is 12.7. The van der Waals surface area contributed by atoms with E-state index in [4.69, 9.17) is 9.47 Å². The van der Waals surface area contributed by atoms with E-state index in [9.17, 15) is 14.9 Å². The van der Waals surface area contributed by atoms with Gasteiger partial charge in [-0.2, -0.15) is 0 Å². The van der Waals surface area contributed by atoms with Crippen LogP contribution < -0.4 is 9.47 Å². The Kier molecular flexibility index (Phi) is 5.68. The smallest absolute Gasteiger partial charge is 0.349 e. The molecule has 0 aliphatic rings. The summed E-state index contributed by atoms with van der Waals surface area (Å²) in [5, 5.41) is 10.5. The number of hydrogen-bond donors (Lipinski definition) is 0. The van der Waals surface area contributed by atoms with Crippen LogP contribution in [0.5, 0.6) is 11.5 Å². The third kappa shape index (κ3) is 5.10. The Bertz CT molecular complexity index is 664. The minimum Gasteiger partial charge on any atom is -0.482 e. The van der Waals surface area contributed by atoms with E-state index < -0.39 is 10.9 Å². The van der Waals surface area contributed by atoms with Gasteiger partial charge in [-0.05, 0) is 36.2 Å². The number of hydrogen-bond acceptors (Lipinski definition) is 5. The maximum absolute atomic E-state index is 11.7. The predicted octanol–water partition coefficient (Wildman–Crippen LogP) is 3.53. The highest BCUT2D eigenvalue weighted by molar-refractivity contribution is 5.74. The Morgan fingerprint density at radius 3 is 2.22 bits per heavy atom. The maximum atomic E-state index is 11.7. The molecule has 0 heterocycles. The van der Waals surface area contributed by atoms with Crippen molar-refractivity contribution < 1.29 is 19.2 Å². The lowest BCUT2D eigenvalue weighted by molar-refractivity contribution is -0.384. The van der Waals surface area contributed by atoms with Crippen molar-refractivity contribution in [3.05, 3.63) is 64.2 Å². The van der Waals surface area contributed by atoms with E-state index in [1.807, 2.05) is 12.1 Å². The summed E-state index contributed by atoms with van der Waals surface area (Å²) in [6.07, 6.45) is 2.04. The number of aryl methyl sites for hydroxylation is 1. The summed E-state index contributed by atoms with van der Waals surface area (Å²) in [6, 6.07) is 12.8. The highest BCUT2D eigenvalue weighted by Gasteiger charge is 2.08. The maximum Gasteiger partial charge on any atom is 0.349 e. The summed E-state index contributed by atoms with van der Waals surface area (Å²) in [7, 11) is 0. The third-order valence-corrected chi connectivity index (χ3v) is 3.10. The van der Waals surface area contributed by atoms with E-state index in [0.29, 0.717) is 11.5 Å². The minimum atomic E-state index is -0.536. The molecule has 0 fully saturated rings. The molecule has 0 unspecified atom stereocenters. The molecular formula is C17H17NO5. The number of benzene rings is 2. The molecular weight excluding hydrogens is 298 g/mol. The molecule has 0 radical (unpaired) electrons. The third-order valence-electron chi connectivity index (χ3n) is 3.10. The largest absolute Gasteiger partial charge is 0.482 e. The van der Waals surface area contributed by atoms with Crippen molar-refractivity contribution in [3.8, 4) is 11.5 Å². The molecule has 6 heteroatoms. The minimum absolute atomic E-state index is 0.0351. The molecule has 0 amide bonds. The number of rotatable bonds is 7. The zero-order chi connectivity index (χ0) is 16.7. The van der Waals surface area contributed by atoms with E-state index in [1.54, 1.807) is 12.1 Å². The van der Waals surface area contributed by atoms with Crippen LogP contribution in [0.25, 0.3) is 0 Å². The topological polar surface area (TPSA) is 78.7 Å². The van der Waals surface area contributed by atoms with Crippen molar-refractivity contribution in [2.45, 2.75) is 19.8 Å². The molecule has 0 spiro atoms. The van der Waals surface area contributed by atoms with Gasteiger partial charge in [0, 0.05) is 12.1 Å². The van der Waals surface area contributed by atoms with Gasteiger partial charge in [-0.1, -0.05) is 25.5 Å². The summed E-state index contributed by atoms with van der Waals surface area (Å²) in [6.45, 7) is 1.83. The average molecular weight is 315 g/mol. The number of nitro groups is 1. The van der Waals surface area contributed by atoms with Gasteiger partial charge in [-0.3, -0.25) is 10.1 Å². The monoisotopic (exact) mass is 315 g/mol. The lowest BCUT2D eigenvalue weighted by Gasteiger charge is -2.07. The van der Waals surface area contributed by atoms with Crippen molar-refractivity contribution in [1.82, 2.24) is 0 Å². The fourth-order valence-corrected chi connectivity index (χ4v) is 1.98. The van der Waals surface area contributed by atoms with Crippen LogP contribution in [0.3, 0.4) is 0 Å². The quantitative estimate of drug-likeness (QED) is 0.338. The summed E-state index contributed by atoms with van der Waals surface area (Å²) in [5.41, 5.74) is 1.15. The number of non-ortho nitro benzene ring substituents is 1. The first kappa shape index (κ1) is 16.5. The van der Waals surface area contributed by atoms with Gasteiger partial charge >= 0.3 is 5.97 Å². The van der Waals surface area contributed by atoms with E-state index in [0.717, 1.165) is 12.8 Å². The number of nitro benzene ring substituents is 1. The Labute approximate surface area is 133 Å². The van der Waals surface area contributed by atoms with Gasteiger partial charge in [0.05, 0.1) is 4.92 Å². The molecule has 23 heavy (non-hydrogen) atoms. The summed E-state index contributed by atoms with van der Waals surface area (Å²) in [5.74, 6) is 0.291. The second kappa shape index (κ2) is 7.93. The molecule has 2 rings (SSSR count). The van der Waals surface area contributed by atoms with Crippen LogP contribution in [-0.4, -0.2) is 17.5 Å². The molecule has 6 nitrogen and oxygen atoms in total. The van der Waals surface area contributed by atoms with Crippen molar-refractivity contribution in [2.24, 2.45) is 0 Å². The molecule has 0 aromatic heterocycles. The van der Waals surface area contributed by atoms with E-state index in [-0.39, 0.29) is 12.3 Å². The second-order valence-corrected chi connectivity index (χ2v) is 4.91. The number of esters is 1. The number of carbonyl (C=O) groups is 1. The molecule has 0 saturated heterocycles.